The molecule has 1 aromatic rings. The lowest BCUT2D eigenvalue weighted by atomic mass is 9.87. The van der Waals surface area contributed by atoms with Gasteiger partial charge in [0.15, 0.2) is 0 Å². The number of hydrazine groups is 1. The number of anilines is 1. The van der Waals surface area contributed by atoms with E-state index in [4.69, 9.17) is 5.84 Å². The summed E-state index contributed by atoms with van der Waals surface area (Å²) < 4.78 is 0. The number of carbonyl (C=O) groups is 1. The quantitative estimate of drug-likeness (QED) is 0.561. The van der Waals surface area contributed by atoms with Gasteiger partial charge in [-0.05, 0) is 43.7 Å². The van der Waals surface area contributed by atoms with Crippen LogP contribution in [-0.2, 0) is 0 Å². The van der Waals surface area contributed by atoms with Crippen molar-refractivity contribution < 1.29 is 4.79 Å². The van der Waals surface area contributed by atoms with Gasteiger partial charge in [-0.2, -0.15) is 0 Å². The maximum absolute atomic E-state index is 12.0. The van der Waals surface area contributed by atoms with Crippen LogP contribution in [0.25, 0.3) is 0 Å². The van der Waals surface area contributed by atoms with Crippen LogP contribution in [-0.4, -0.2) is 16.9 Å². The molecule has 1 heterocycles. The summed E-state index contributed by atoms with van der Waals surface area (Å²) in [4.78, 5) is 16.0. The third-order valence-corrected chi connectivity index (χ3v) is 3.52. The van der Waals surface area contributed by atoms with Crippen LogP contribution in [0.3, 0.4) is 0 Å². The monoisotopic (exact) mass is 248 g/mol. The average molecular weight is 248 g/mol. The second-order valence-electron chi connectivity index (χ2n) is 5.01. The highest BCUT2D eigenvalue weighted by atomic mass is 16.1. The van der Waals surface area contributed by atoms with Crippen molar-refractivity contribution in [2.75, 3.05) is 5.43 Å². The first-order chi connectivity index (χ1) is 8.69. The van der Waals surface area contributed by atoms with Crippen LogP contribution in [0, 0.1) is 5.92 Å². The first-order valence-electron chi connectivity index (χ1n) is 6.42. The molecule has 0 spiro atoms. The fraction of sp³-hybridized carbons (Fsp3) is 0.538. The Morgan fingerprint density at radius 3 is 2.61 bits per heavy atom. The average Bonchev–Trinajstić information content (AvgIpc) is 2.41. The van der Waals surface area contributed by atoms with E-state index < -0.39 is 0 Å². The largest absolute Gasteiger partial charge is 0.349 e. The molecule has 4 N–H and O–H groups in total. The predicted octanol–water partition coefficient (Wildman–Crippen LogP) is 1.68. The Morgan fingerprint density at radius 1 is 1.33 bits per heavy atom. The van der Waals surface area contributed by atoms with Gasteiger partial charge < -0.3 is 10.7 Å². The van der Waals surface area contributed by atoms with Gasteiger partial charge in [-0.25, -0.2) is 10.8 Å². The Hall–Kier alpha value is -1.62. The van der Waals surface area contributed by atoms with E-state index in [-0.39, 0.29) is 5.91 Å². The summed E-state index contributed by atoms with van der Waals surface area (Å²) in [6.07, 6.45) is 6.07. The highest BCUT2D eigenvalue weighted by Crippen LogP contribution is 2.23. The number of pyridine rings is 1. The van der Waals surface area contributed by atoms with Crippen LogP contribution in [0.5, 0.6) is 0 Å². The normalized spacial score (nSPS) is 23.4. The van der Waals surface area contributed by atoms with Gasteiger partial charge in [0, 0.05) is 12.2 Å². The Bertz CT molecular complexity index is 396. The minimum absolute atomic E-state index is 0.0503. The van der Waals surface area contributed by atoms with E-state index in [0.717, 1.165) is 18.8 Å². The highest BCUT2D eigenvalue weighted by Gasteiger charge is 2.20. The zero-order chi connectivity index (χ0) is 13.0. The first-order valence-corrected chi connectivity index (χ1v) is 6.42. The number of amides is 1. The lowest BCUT2D eigenvalue weighted by Crippen LogP contribution is -2.37. The summed E-state index contributed by atoms with van der Waals surface area (Å²) in [5, 5.41) is 3.06. The summed E-state index contributed by atoms with van der Waals surface area (Å²) in [7, 11) is 0. The Morgan fingerprint density at radius 2 is 2.06 bits per heavy atom. The smallest absolute Gasteiger partial charge is 0.253 e. The number of hydrogen-bond donors (Lipinski definition) is 3. The standard InChI is InChI=1S/C13H20N4O/c1-9-2-5-11(6-3-9)16-13(18)10-4-7-12(17-14)15-8-10/h4,7-9,11H,2-3,5-6,14H2,1H3,(H,15,17)(H,16,18). The Labute approximate surface area is 107 Å². The summed E-state index contributed by atoms with van der Waals surface area (Å²) >= 11 is 0. The summed E-state index contributed by atoms with van der Waals surface area (Å²) in [5.74, 6) is 6.52. The number of nitrogen functional groups attached to an aromatic ring is 1. The topological polar surface area (TPSA) is 80.0 Å². The molecule has 1 fully saturated rings. The van der Waals surface area contributed by atoms with E-state index in [9.17, 15) is 4.79 Å². The number of nitrogens with two attached hydrogens (primary N) is 1. The van der Waals surface area contributed by atoms with E-state index in [2.05, 4.69) is 22.7 Å². The molecule has 1 aliphatic carbocycles. The molecule has 0 aromatic carbocycles. The number of nitrogens with one attached hydrogen (secondary N) is 2. The van der Waals surface area contributed by atoms with Crippen molar-refractivity contribution in [1.82, 2.24) is 10.3 Å². The van der Waals surface area contributed by atoms with Crippen molar-refractivity contribution in [3.63, 3.8) is 0 Å². The predicted molar refractivity (Wildman–Crippen MR) is 70.9 cm³/mol. The van der Waals surface area contributed by atoms with Gasteiger partial charge in [-0.3, -0.25) is 4.79 Å². The second kappa shape index (κ2) is 5.82. The van der Waals surface area contributed by atoms with E-state index in [0.29, 0.717) is 17.4 Å². The Kier molecular flexibility index (Phi) is 4.15. The molecule has 0 saturated heterocycles. The molecule has 0 bridgehead atoms. The van der Waals surface area contributed by atoms with Crippen molar-refractivity contribution in [3.8, 4) is 0 Å². The molecular formula is C13H20N4O. The molecule has 1 amide bonds. The minimum atomic E-state index is -0.0503. The number of nitrogens with zero attached hydrogens (tertiary/aromatic N) is 1. The minimum Gasteiger partial charge on any atom is -0.349 e. The van der Waals surface area contributed by atoms with Gasteiger partial charge in [0.05, 0.1) is 5.56 Å². The van der Waals surface area contributed by atoms with Gasteiger partial charge in [0.25, 0.3) is 5.91 Å². The first kappa shape index (κ1) is 12.8. The van der Waals surface area contributed by atoms with Gasteiger partial charge in [-0.15, -0.1) is 0 Å². The zero-order valence-corrected chi connectivity index (χ0v) is 10.6. The molecule has 0 aliphatic heterocycles. The van der Waals surface area contributed by atoms with Crippen molar-refractivity contribution in [3.05, 3.63) is 23.9 Å². The summed E-state index contributed by atoms with van der Waals surface area (Å²) in [6, 6.07) is 3.72. The van der Waals surface area contributed by atoms with Gasteiger partial charge in [0.2, 0.25) is 0 Å². The van der Waals surface area contributed by atoms with Crippen molar-refractivity contribution in [1.29, 1.82) is 0 Å². The summed E-state index contributed by atoms with van der Waals surface area (Å²) in [5.41, 5.74) is 3.01. The maximum Gasteiger partial charge on any atom is 0.253 e. The van der Waals surface area contributed by atoms with E-state index >= 15 is 0 Å². The third-order valence-electron chi connectivity index (χ3n) is 3.52. The number of aromatic nitrogens is 1. The van der Waals surface area contributed by atoms with E-state index in [1.807, 2.05) is 0 Å². The van der Waals surface area contributed by atoms with Gasteiger partial charge in [0.1, 0.15) is 5.82 Å². The molecule has 1 saturated carbocycles. The van der Waals surface area contributed by atoms with Gasteiger partial charge in [-0.1, -0.05) is 6.92 Å². The third kappa shape index (κ3) is 3.20. The molecule has 98 valence electrons. The molecule has 18 heavy (non-hydrogen) atoms. The molecule has 0 unspecified atom stereocenters. The SMILES string of the molecule is CC1CCC(NC(=O)c2ccc(NN)nc2)CC1. The fourth-order valence-electron chi connectivity index (χ4n) is 2.29. The number of rotatable bonds is 3. The van der Waals surface area contributed by atoms with Crippen molar-refractivity contribution in [2.24, 2.45) is 11.8 Å². The van der Waals surface area contributed by atoms with Crippen LogP contribution in [0.2, 0.25) is 0 Å². The number of carbonyl (C=O) groups excluding carboxylic acids is 1. The van der Waals surface area contributed by atoms with Crippen molar-refractivity contribution in [2.45, 2.75) is 38.6 Å². The molecule has 1 aliphatic rings. The fourth-order valence-corrected chi connectivity index (χ4v) is 2.29. The summed E-state index contributed by atoms with van der Waals surface area (Å²) in [6.45, 7) is 2.26. The molecule has 0 atom stereocenters. The lowest BCUT2D eigenvalue weighted by molar-refractivity contribution is 0.0922. The second-order valence-corrected chi connectivity index (χ2v) is 5.01. The van der Waals surface area contributed by atoms with E-state index in [1.165, 1.54) is 19.0 Å². The molecule has 0 radical (unpaired) electrons. The van der Waals surface area contributed by atoms with Crippen LogP contribution < -0.4 is 16.6 Å². The molecule has 1 aromatic heterocycles. The van der Waals surface area contributed by atoms with E-state index in [1.54, 1.807) is 12.1 Å². The van der Waals surface area contributed by atoms with Crippen molar-refractivity contribution >= 4 is 11.7 Å². The van der Waals surface area contributed by atoms with Gasteiger partial charge >= 0.3 is 0 Å². The molecular weight excluding hydrogens is 228 g/mol. The molecule has 5 nitrogen and oxygen atoms in total. The van der Waals surface area contributed by atoms with Crippen LogP contribution in [0.4, 0.5) is 5.82 Å². The maximum atomic E-state index is 12.0. The zero-order valence-electron chi connectivity index (χ0n) is 10.6. The number of hydrogen-bond acceptors (Lipinski definition) is 4. The highest BCUT2D eigenvalue weighted by molar-refractivity contribution is 5.94. The Balaban J connectivity index is 1.90. The van der Waals surface area contributed by atoms with Crippen LogP contribution in [0.15, 0.2) is 18.3 Å². The molecule has 5 heteroatoms. The van der Waals surface area contributed by atoms with Crippen LogP contribution in [0.1, 0.15) is 43.0 Å². The molecule has 2 rings (SSSR count). The lowest BCUT2D eigenvalue weighted by Gasteiger charge is -2.26. The van der Waals surface area contributed by atoms with Crippen LogP contribution >= 0.6 is 0 Å².